The van der Waals surface area contributed by atoms with Gasteiger partial charge in [0.2, 0.25) is 0 Å². The zero-order valence-corrected chi connectivity index (χ0v) is 20.5. The number of fused-ring (bicyclic) bond motifs is 1. The molecule has 174 valence electrons. The molecule has 1 aromatic heterocycles. The highest BCUT2D eigenvalue weighted by molar-refractivity contribution is 5.99. The van der Waals surface area contributed by atoms with Gasteiger partial charge in [-0.25, -0.2) is 4.68 Å². The van der Waals surface area contributed by atoms with Crippen LogP contribution in [0.2, 0.25) is 0 Å². The van der Waals surface area contributed by atoms with Gasteiger partial charge in [-0.2, -0.15) is 5.10 Å². The minimum Gasteiger partial charge on any atom is -0.363 e. The molecule has 5 nitrogen and oxygen atoms in total. The molecule has 1 amide bonds. The lowest BCUT2D eigenvalue weighted by atomic mass is 9.83. The average Bonchev–Trinajstić information content (AvgIpc) is 3.28. The lowest BCUT2D eigenvalue weighted by Crippen LogP contribution is -2.45. The van der Waals surface area contributed by atoms with Crippen LogP contribution in [0.25, 0.3) is 0 Å². The summed E-state index contributed by atoms with van der Waals surface area (Å²) >= 11 is 0. The van der Waals surface area contributed by atoms with Crippen molar-refractivity contribution in [1.82, 2.24) is 15.1 Å². The Hall–Kier alpha value is -3.08. The summed E-state index contributed by atoms with van der Waals surface area (Å²) in [4.78, 5) is 13.7. The molecule has 2 heterocycles. The summed E-state index contributed by atoms with van der Waals surface area (Å²) < 4.78 is 1.97. The monoisotopic (exact) mass is 444 g/mol. The Balaban J connectivity index is 1.66. The summed E-state index contributed by atoms with van der Waals surface area (Å²) in [6.45, 7) is 10.8. The van der Waals surface area contributed by atoms with Crippen molar-refractivity contribution in [1.29, 1.82) is 0 Å². The van der Waals surface area contributed by atoms with Gasteiger partial charge in [0.15, 0.2) is 0 Å². The van der Waals surface area contributed by atoms with Gasteiger partial charge in [0.05, 0.1) is 23.3 Å². The zero-order chi connectivity index (χ0) is 23.6. The largest absolute Gasteiger partial charge is 0.363 e. The molecule has 0 saturated heterocycles. The van der Waals surface area contributed by atoms with E-state index in [1.54, 1.807) is 6.20 Å². The van der Waals surface area contributed by atoms with Crippen molar-refractivity contribution in [2.75, 3.05) is 5.32 Å². The molecule has 1 atom stereocenters. The second-order valence-electron chi connectivity index (χ2n) is 9.74. The predicted molar refractivity (Wildman–Crippen MR) is 135 cm³/mol. The third-order valence-electron chi connectivity index (χ3n) is 7.28. The van der Waals surface area contributed by atoms with Gasteiger partial charge in [-0.1, -0.05) is 75.4 Å². The summed E-state index contributed by atoms with van der Waals surface area (Å²) in [5.74, 6) is 0.705. The fraction of sp³-hybridized carbons (Fsp3) is 0.429. The maximum absolute atomic E-state index is 13.7. The van der Waals surface area contributed by atoms with Crippen LogP contribution >= 0.6 is 0 Å². The van der Waals surface area contributed by atoms with Crippen LogP contribution in [0.4, 0.5) is 5.82 Å². The van der Waals surface area contributed by atoms with Crippen LogP contribution in [0.3, 0.4) is 0 Å². The van der Waals surface area contributed by atoms with Crippen LogP contribution in [0.5, 0.6) is 0 Å². The number of hydrogen-bond donors (Lipinski definition) is 2. The first-order valence-electron chi connectivity index (χ1n) is 12.2. The Bertz CT molecular complexity index is 1090. The Labute approximate surface area is 197 Å². The van der Waals surface area contributed by atoms with Crippen LogP contribution in [-0.2, 0) is 17.5 Å². The second kappa shape index (κ2) is 9.05. The Morgan fingerprint density at radius 2 is 1.76 bits per heavy atom. The van der Waals surface area contributed by atoms with Crippen molar-refractivity contribution >= 4 is 11.7 Å². The number of aryl methyl sites for hydroxylation is 1. The number of hydrogen-bond acceptors (Lipinski definition) is 3. The molecule has 0 spiro atoms. The van der Waals surface area contributed by atoms with Crippen molar-refractivity contribution in [2.24, 2.45) is 0 Å². The van der Waals surface area contributed by atoms with Crippen molar-refractivity contribution < 1.29 is 4.79 Å². The summed E-state index contributed by atoms with van der Waals surface area (Å²) in [7, 11) is 0. The van der Waals surface area contributed by atoms with E-state index in [0.717, 1.165) is 37.1 Å². The fourth-order valence-corrected chi connectivity index (χ4v) is 5.05. The maximum atomic E-state index is 13.7. The number of carbonyl (C=O) groups excluding carboxylic acids is 1. The van der Waals surface area contributed by atoms with Crippen molar-refractivity contribution in [3.63, 3.8) is 0 Å². The SMILES string of the molecule is CCc1ccc(C(CC)(CC)NC(=O)c2cnn3c2N[C@@H](c2ccccc2)CC3(C)C)cc1. The van der Waals surface area contributed by atoms with Gasteiger partial charge in [-0.05, 0) is 56.2 Å². The third kappa shape index (κ3) is 4.29. The van der Waals surface area contributed by atoms with Gasteiger partial charge < -0.3 is 10.6 Å². The van der Waals surface area contributed by atoms with E-state index in [2.05, 4.69) is 98.9 Å². The Morgan fingerprint density at radius 1 is 1.09 bits per heavy atom. The maximum Gasteiger partial charge on any atom is 0.257 e. The molecular formula is C28H36N4O. The highest BCUT2D eigenvalue weighted by Gasteiger charge is 2.38. The molecule has 0 unspecified atom stereocenters. The molecule has 0 radical (unpaired) electrons. The highest BCUT2D eigenvalue weighted by atomic mass is 16.1. The van der Waals surface area contributed by atoms with Crippen molar-refractivity contribution in [2.45, 2.75) is 77.4 Å². The molecule has 1 aliphatic heterocycles. The van der Waals surface area contributed by atoms with E-state index in [9.17, 15) is 4.79 Å². The van der Waals surface area contributed by atoms with E-state index in [4.69, 9.17) is 0 Å². The molecule has 2 aromatic carbocycles. The van der Waals surface area contributed by atoms with Crippen LogP contribution in [-0.4, -0.2) is 15.7 Å². The van der Waals surface area contributed by atoms with Gasteiger partial charge >= 0.3 is 0 Å². The summed E-state index contributed by atoms with van der Waals surface area (Å²) in [5, 5.41) is 11.6. The normalized spacial score (nSPS) is 17.2. The summed E-state index contributed by atoms with van der Waals surface area (Å²) in [6, 6.07) is 19.2. The first-order valence-corrected chi connectivity index (χ1v) is 12.2. The zero-order valence-electron chi connectivity index (χ0n) is 20.5. The number of rotatable bonds is 7. The molecule has 2 N–H and O–H groups in total. The molecule has 0 aliphatic carbocycles. The smallest absolute Gasteiger partial charge is 0.257 e. The number of carbonyl (C=O) groups is 1. The average molecular weight is 445 g/mol. The van der Waals surface area contributed by atoms with E-state index in [1.165, 1.54) is 11.1 Å². The first-order chi connectivity index (χ1) is 15.8. The predicted octanol–water partition coefficient (Wildman–Crippen LogP) is 6.18. The number of nitrogens with one attached hydrogen (secondary N) is 2. The fourth-order valence-electron chi connectivity index (χ4n) is 5.05. The van der Waals surface area contributed by atoms with Crippen LogP contribution in [0.1, 0.15) is 87.0 Å². The van der Waals surface area contributed by atoms with E-state index in [-0.39, 0.29) is 17.5 Å². The molecule has 0 fully saturated rings. The second-order valence-corrected chi connectivity index (χ2v) is 9.74. The lowest BCUT2D eigenvalue weighted by Gasteiger charge is -2.38. The molecular weight excluding hydrogens is 408 g/mol. The minimum atomic E-state index is -0.415. The van der Waals surface area contributed by atoms with Gasteiger partial charge in [-0.3, -0.25) is 4.79 Å². The number of anilines is 1. The molecule has 4 rings (SSSR count). The molecule has 3 aromatic rings. The first kappa shape index (κ1) is 23.1. The van der Waals surface area contributed by atoms with Crippen LogP contribution in [0.15, 0.2) is 60.8 Å². The van der Waals surface area contributed by atoms with E-state index in [1.807, 2.05) is 10.7 Å². The Morgan fingerprint density at radius 3 is 2.36 bits per heavy atom. The lowest BCUT2D eigenvalue weighted by molar-refractivity contribution is 0.0890. The molecule has 0 bridgehead atoms. The number of nitrogens with zero attached hydrogens (tertiary/aromatic N) is 2. The highest BCUT2D eigenvalue weighted by Crippen LogP contribution is 2.40. The van der Waals surface area contributed by atoms with Gasteiger partial charge in [0.25, 0.3) is 5.91 Å². The van der Waals surface area contributed by atoms with Gasteiger partial charge in [-0.15, -0.1) is 0 Å². The van der Waals surface area contributed by atoms with E-state index >= 15 is 0 Å². The molecule has 33 heavy (non-hydrogen) atoms. The summed E-state index contributed by atoms with van der Waals surface area (Å²) in [5.41, 5.74) is 3.64. The van der Waals surface area contributed by atoms with Crippen LogP contribution in [0, 0.1) is 0 Å². The van der Waals surface area contributed by atoms with Crippen molar-refractivity contribution in [3.8, 4) is 0 Å². The number of amides is 1. The minimum absolute atomic E-state index is 0.0865. The molecule has 1 aliphatic rings. The standard InChI is InChI=1S/C28H36N4O/c1-6-20-14-16-22(17-15-20)28(7-2,8-3)31-26(33)23-19-29-32-25(23)30-24(18-27(32,4)5)21-12-10-9-11-13-21/h9-17,19,24,30H,6-8,18H2,1-5H3,(H,31,33)/t24-/m1/s1. The van der Waals surface area contributed by atoms with Crippen LogP contribution < -0.4 is 10.6 Å². The molecule has 0 saturated carbocycles. The van der Waals surface area contributed by atoms with Crippen molar-refractivity contribution in [3.05, 3.63) is 83.0 Å². The topological polar surface area (TPSA) is 59.0 Å². The third-order valence-corrected chi connectivity index (χ3v) is 7.28. The van der Waals surface area contributed by atoms with Gasteiger partial charge in [0, 0.05) is 0 Å². The summed E-state index contributed by atoms with van der Waals surface area (Å²) in [6.07, 6.45) is 5.24. The van der Waals surface area contributed by atoms with Gasteiger partial charge in [0.1, 0.15) is 11.4 Å². The molecule has 5 heteroatoms. The quantitative estimate of drug-likeness (QED) is 0.457. The number of benzene rings is 2. The van der Waals surface area contributed by atoms with E-state index < -0.39 is 5.54 Å². The van der Waals surface area contributed by atoms with E-state index in [0.29, 0.717) is 5.56 Å². The Kier molecular flexibility index (Phi) is 6.33. The number of aromatic nitrogens is 2.